The number of nitrogens with zero attached hydrogens (tertiary/aromatic N) is 5. The second-order valence-electron chi connectivity index (χ2n) is 8.61. The Balaban J connectivity index is 1.32. The van der Waals surface area contributed by atoms with Gasteiger partial charge in [0.15, 0.2) is 10.8 Å². The highest BCUT2D eigenvalue weighted by Crippen LogP contribution is 2.32. The van der Waals surface area contributed by atoms with Crippen LogP contribution in [0.1, 0.15) is 28.7 Å². The maximum Gasteiger partial charge on any atom is 0.276 e. The number of hydrogen-bond acceptors (Lipinski definition) is 8. The smallest absolute Gasteiger partial charge is 0.276 e. The predicted octanol–water partition coefficient (Wildman–Crippen LogP) is 5.50. The summed E-state index contributed by atoms with van der Waals surface area (Å²) in [5, 5.41) is 13.6. The molecular formula is C27H23FN8O2S. The topological polar surface area (TPSA) is 127 Å². The third kappa shape index (κ3) is 5.96. The third-order valence-electron chi connectivity index (χ3n) is 5.62. The summed E-state index contributed by atoms with van der Waals surface area (Å²) >= 11 is 1.33. The van der Waals surface area contributed by atoms with E-state index in [9.17, 15) is 14.0 Å². The van der Waals surface area contributed by atoms with E-state index >= 15 is 0 Å². The minimum absolute atomic E-state index is 0.191. The number of carbonyl (C=O) groups is 2. The molecule has 3 heterocycles. The van der Waals surface area contributed by atoms with Gasteiger partial charge in [-0.2, -0.15) is 5.10 Å². The largest absolute Gasteiger partial charge is 0.324 e. The van der Waals surface area contributed by atoms with Gasteiger partial charge in [-0.05, 0) is 67.9 Å². The van der Waals surface area contributed by atoms with Gasteiger partial charge in [0.25, 0.3) is 5.91 Å². The van der Waals surface area contributed by atoms with Crippen molar-refractivity contribution in [3.8, 4) is 16.3 Å². The number of halogens is 1. The molecule has 2 amide bonds. The molecule has 5 rings (SSSR count). The Morgan fingerprint density at radius 3 is 2.54 bits per heavy atom. The predicted molar refractivity (Wildman–Crippen MR) is 148 cm³/mol. The zero-order valence-corrected chi connectivity index (χ0v) is 22.0. The van der Waals surface area contributed by atoms with Gasteiger partial charge >= 0.3 is 0 Å². The number of amides is 2. The number of nitrogens with one attached hydrogen (secondary N) is 3. The Hall–Kier alpha value is -4.97. The number of hydrogen-bond donors (Lipinski definition) is 3. The number of anilines is 4. The lowest BCUT2D eigenvalue weighted by Gasteiger charge is -2.11. The first-order valence-corrected chi connectivity index (χ1v) is 12.7. The fourth-order valence-electron chi connectivity index (χ4n) is 3.72. The molecule has 12 heteroatoms. The molecule has 0 spiro atoms. The molecule has 0 fully saturated rings. The number of carbonyl (C=O) groups excluding carboxylic acids is 2. The van der Waals surface area contributed by atoms with E-state index in [4.69, 9.17) is 0 Å². The van der Waals surface area contributed by atoms with Crippen molar-refractivity contribution in [2.45, 2.75) is 20.8 Å². The van der Waals surface area contributed by atoms with E-state index < -0.39 is 0 Å². The van der Waals surface area contributed by atoms with E-state index in [1.807, 2.05) is 19.9 Å². The van der Waals surface area contributed by atoms with Gasteiger partial charge in [-0.1, -0.05) is 17.4 Å². The molecule has 0 bridgehead atoms. The van der Waals surface area contributed by atoms with Crippen molar-refractivity contribution < 1.29 is 14.0 Å². The van der Waals surface area contributed by atoms with Crippen molar-refractivity contribution in [3.63, 3.8) is 0 Å². The summed E-state index contributed by atoms with van der Waals surface area (Å²) in [5.74, 6) is -0.561. The van der Waals surface area contributed by atoms with Gasteiger partial charge in [0.2, 0.25) is 11.9 Å². The average Bonchev–Trinajstić information content (AvgIpc) is 3.53. The van der Waals surface area contributed by atoms with E-state index in [0.29, 0.717) is 33.8 Å². The molecule has 5 aromatic rings. The Morgan fingerprint density at radius 2 is 1.77 bits per heavy atom. The number of thiazole rings is 1. The van der Waals surface area contributed by atoms with Crippen molar-refractivity contribution in [2.24, 2.45) is 0 Å². The Kier molecular flexibility index (Phi) is 7.10. The molecule has 0 aliphatic carbocycles. The van der Waals surface area contributed by atoms with Crippen LogP contribution in [0.4, 0.5) is 26.8 Å². The Labute approximate surface area is 227 Å². The van der Waals surface area contributed by atoms with Crippen LogP contribution >= 0.6 is 11.3 Å². The maximum absolute atomic E-state index is 13.2. The number of aromatic nitrogens is 5. The van der Waals surface area contributed by atoms with Crippen LogP contribution in [-0.2, 0) is 4.79 Å². The Bertz CT molecular complexity index is 1680. The van der Waals surface area contributed by atoms with Crippen LogP contribution in [0.15, 0.2) is 67.0 Å². The Morgan fingerprint density at radius 1 is 0.974 bits per heavy atom. The van der Waals surface area contributed by atoms with Crippen molar-refractivity contribution in [1.82, 2.24) is 24.7 Å². The van der Waals surface area contributed by atoms with E-state index in [1.165, 1.54) is 35.1 Å². The van der Waals surface area contributed by atoms with Crippen LogP contribution in [0, 0.1) is 19.7 Å². The molecule has 39 heavy (non-hydrogen) atoms. The molecular weight excluding hydrogens is 519 g/mol. The van der Waals surface area contributed by atoms with Gasteiger partial charge in [-0.3, -0.25) is 9.59 Å². The summed E-state index contributed by atoms with van der Waals surface area (Å²) in [7, 11) is 0. The summed E-state index contributed by atoms with van der Waals surface area (Å²) in [6, 6.07) is 14.6. The van der Waals surface area contributed by atoms with Gasteiger partial charge in [0.1, 0.15) is 5.82 Å². The lowest BCUT2D eigenvalue weighted by Crippen LogP contribution is -2.13. The van der Waals surface area contributed by atoms with E-state index in [-0.39, 0.29) is 23.3 Å². The highest BCUT2D eigenvalue weighted by atomic mass is 32.1. The first kappa shape index (κ1) is 25.7. The van der Waals surface area contributed by atoms with Crippen LogP contribution in [0.3, 0.4) is 0 Å². The zero-order chi connectivity index (χ0) is 27.5. The fraction of sp³-hybridized carbons (Fsp3) is 0.111. The third-order valence-corrected chi connectivity index (χ3v) is 6.72. The van der Waals surface area contributed by atoms with Crippen molar-refractivity contribution in [1.29, 1.82) is 0 Å². The average molecular weight is 543 g/mol. The molecule has 0 aliphatic heterocycles. The molecule has 0 saturated heterocycles. The first-order chi connectivity index (χ1) is 18.7. The van der Waals surface area contributed by atoms with Crippen LogP contribution in [-0.4, -0.2) is 36.5 Å². The van der Waals surface area contributed by atoms with Gasteiger partial charge in [-0.25, -0.2) is 24.0 Å². The van der Waals surface area contributed by atoms with Crippen molar-refractivity contribution in [3.05, 3.63) is 89.8 Å². The fourth-order valence-corrected chi connectivity index (χ4v) is 4.70. The number of benzene rings is 2. The maximum atomic E-state index is 13.2. The van der Waals surface area contributed by atoms with E-state index in [1.54, 1.807) is 48.8 Å². The summed E-state index contributed by atoms with van der Waals surface area (Å²) in [5.41, 5.74) is 4.45. The SMILES string of the molecule is CC(=O)Nc1nc(C)c(-c2ccnc(Nc3cc(NC(=O)c4ccn(-c5ccc(F)cc5)n4)ccc3C)n2)s1. The normalized spacial score (nSPS) is 10.8. The minimum atomic E-state index is -0.389. The molecule has 10 nitrogen and oxygen atoms in total. The molecule has 0 atom stereocenters. The lowest BCUT2D eigenvalue weighted by atomic mass is 10.1. The zero-order valence-electron chi connectivity index (χ0n) is 21.2. The van der Waals surface area contributed by atoms with Gasteiger partial charge in [0, 0.05) is 30.7 Å². The lowest BCUT2D eigenvalue weighted by molar-refractivity contribution is -0.114. The molecule has 3 N–H and O–H groups in total. The molecule has 0 aliphatic rings. The van der Waals surface area contributed by atoms with E-state index in [2.05, 4.69) is 36.0 Å². The number of aryl methyl sites for hydroxylation is 2. The van der Waals surface area contributed by atoms with Gasteiger partial charge in [-0.15, -0.1) is 0 Å². The van der Waals surface area contributed by atoms with Gasteiger partial charge in [0.05, 0.1) is 22.0 Å². The van der Waals surface area contributed by atoms with Crippen LogP contribution in [0.25, 0.3) is 16.3 Å². The van der Waals surface area contributed by atoms with Crippen LogP contribution in [0.2, 0.25) is 0 Å². The minimum Gasteiger partial charge on any atom is -0.324 e. The molecule has 196 valence electrons. The molecule has 0 unspecified atom stereocenters. The molecule has 0 radical (unpaired) electrons. The van der Waals surface area contributed by atoms with Crippen LogP contribution < -0.4 is 16.0 Å². The summed E-state index contributed by atoms with van der Waals surface area (Å²) in [4.78, 5) is 38.4. The van der Waals surface area contributed by atoms with E-state index in [0.717, 1.165) is 16.1 Å². The first-order valence-electron chi connectivity index (χ1n) is 11.8. The van der Waals surface area contributed by atoms with Crippen molar-refractivity contribution >= 4 is 45.6 Å². The highest BCUT2D eigenvalue weighted by molar-refractivity contribution is 7.19. The van der Waals surface area contributed by atoms with Crippen LogP contribution in [0.5, 0.6) is 0 Å². The van der Waals surface area contributed by atoms with Crippen molar-refractivity contribution in [2.75, 3.05) is 16.0 Å². The molecule has 3 aromatic heterocycles. The summed E-state index contributed by atoms with van der Waals surface area (Å²) in [6.07, 6.45) is 3.28. The standard InChI is InChI=1S/C27H23FN8O2S/c1-15-4-7-19(32-25(38)22-11-13-36(35-22)20-8-5-18(28)6-9-20)14-23(15)34-26-29-12-10-21(33-26)24-16(2)30-27(39-24)31-17(3)37/h4-14H,1-3H3,(H,32,38)(H,29,33,34)(H,30,31,37). The molecule has 2 aromatic carbocycles. The summed E-state index contributed by atoms with van der Waals surface area (Å²) < 4.78 is 14.7. The quantitative estimate of drug-likeness (QED) is 0.248. The monoisotopic (exact) mass is 542 g/mol. The second-order valence-corrected chi connectivity index (χ2v) is 9.61. The highest BCUT2D eigenvalue weighted by Gasteiger charge is 2.15. The summed E-state index contributed by atoms with van der Waals surface area (Å²) in [6.45, 7) is 5.21. The molecule has 0 saturated carbocycles. The number of rotatable bonds is 7. The second kappa shape index (κ2) is 10.8. The van der Waals surface area contributed by atoms with Gasteiger partial charge < -0.3 is 16.0 Å².